The predicted molar refractivity (Wildman–Crippen MR) is 81.1 cm³/mol. The Bertz CT molecular complexity index is 611. The molecular weight excluding hydrogens is 281 g/mol. The molecule has 0 aliphatic carbocycles. The Kier molecular flexibility index (Phi) is 4.23. The molecule has 2 aromatic rings. The molecule has 19 heavy (non-hydrogen) atoms. The molecular formula is C15H15Cl2NO. The minimum Gasteiger partial charge on any atom is -0.489 e. The number of rotatable bonds is 3. The second-order valence-corrected chi connectivity index (χ2v) is 5.26. The molecule has 0 aromatic heterocycles. The summed E-state index contributed by atoms with van der Waals surface area (Å²) in [4.78, 5) is 0. The number of anilines is 1. The molecule has 0 spiro atoms. The second kappa shape index (κ2) is 5.72. The first-order chi connectivity index (χ1) is 8.99. The van der Waals surface area contributed by atoms with Crippen LogP contribution in [0.1, 0.15) is 16.7 Å². The molecule has 2 rings (SSSR count). The van der Waals surface area contributed by atoms with E-state index in [1.807, 2.05) is 38.1 Å². The maximum Gasteiger partial charge on any atom is 0.123 e. The lowest BCUT2D eigenvalue weighted by molar-refractivity contribution is 0.304. The minimum atomic E-state index is 0.379. The van der Waals surface area contributed by atoms with Gasteiger partial charge < -0.3 is 10.5 Å². The van der Waals surface area contributed by atoms with Gasteiger partial charge in [-0.1, -0.05) is 35.3 Å². The summed E-state index contributed by atoms with van der Waals surface area (Å²) in [5.41, 5.74) is 9.48. The average Bonchev–Trinajstić information content (AvgIpc) is 2.37. The number of nitrogen functional groups attached to an aromatic ring is 1. The highest BCUT2D eigenvalue weighted by atomic mass is 35.5. The minimum absolute atomic E-state index is 0.379. The number of nitrogens with two attached hydrogens (primary N) is 1. The zero-order valence-electron chi connectivity index (χ0n) is 10.8. The highest BCUT2D eigenvalue weighted by molar-refractivity contribution is 6.42. The summed E-state index contributed by atoms with van der Waals surface area (Å²) in [6.45, 7) is 4.29. The number of aryl methyl sites for hydroxylation is 2. The Hall–Kier alpha value is -1.38. The summed E-state index contributed by atoms with van der Waals surface area (Å²) in [5, 5.41) is 1.07. The van der Waals surface area contributed by atoms with Gasteiger partial charge in [0, 0.05) is 11.3 Å². The molecule has 0 saturated carbocycles. The van der Waals surface area contributed by atoms with E-state index in [1.165, 1.54) is 0 Å². The summed E-state index contributed by atoms with van der Waals surface area (Å²) < 4.78 is 5.80. The molecule has 0 aliphatic heterocycles. The Morgan fingerprint density at radius 2 is 1.84 bits per heavy atom. The van der Waals surface area contributed by atoms with Crippen LogP contribution in [0.4, 0.5) is 5.69 Å². The van der Waals surface area contributed by atoms with Gasteiger partial charge in [-0.15, -0.1) is 0 Å². The van der Waals surface area contributed by atoms with E-state index in [2.05, 4.69) is 0 Å². The lowest BCUT2D eigenvalue weighted by atomic mass is 10.1. The first-order valence-corrected chi connectivity index (χ1v) is 6.67. The van der Waals surface area contributed by atoms with Crippen LogP contribution in [0.3, 0.4) is 0 Å². The highest BCUT2D eigenvalue weighted by Gasteiger charge is 2.07. The fourth-order valence-corrected chi connectivity index (χ4v) is 2.16. The molecule has 0 heterocycles. The van der Waals surface area contributed by atoms with Crippen molar-refractivity contribution in [2.45, 2.75) is 20.5 Å². The van der Waals surface area contributed by atoms with Gasteiger partial charge in [-0.3, -0.25) is 0 Å². The molecule has 2 aromatic carbocycles. The molecule has 0 amide bonds. The van der Waals surface area contributed by atoms with Crippen LogP contribution < -0.4 is 10.5 Å². The van der Waals surface area contributed by atoms with Crippen molar-refractivity contribution < 1.29 is 4.74 Å². The number of hydrogen-bond donors (Lipinski definition) is 1. The highest BCUT2D eigenvalue weighted by Crippen LogP contribution is 2.28. The molecule has 0 atom stereocenters. The van der Waals surface area contributed by atoms with Crippen LogP contribution in [0.2, 0.25) is 10.0 Å². The third kappa shape index (κ3) is 3.14. The molecule has 2 nitrogen and oxygen atoms in total. The number of ether oxygens (including phenoxy) is 1. The van der Waals surface area contributed by atoms with E-state index in [9.17, 15) is 0 Å². The molecule has 4 heteroatoms. The summed E-state index contributed by atoms with van der Waals surface area (Å²) in [5.74, 6) is 0.808. The first kappa shape index (κ1) is 14.0. The van der Waals surface area contributed by atoms with Gasteiger partial charge >= 0.3 is 0 Å². The molecule has 100 valence electrons. The molecule has 0 radical (unpaired) electrons. The largest absolute Gasteiger partial charge is 0.489 e. The van der Waals surface area contributed by atoms with Gasteiger partial charge in [0.15, 0.2) is 0 Å². The van der Waals surface area contributed by atoms with Crippen molar-refractivity contribution in [3.63, 3.8) is 0 Å². The van der Waals surface area contributed by atoms with Crippen LogP contribution in [0, 0.1) is 13.8 Å². The van der Waals surface area contributed by atoms with Crippen molar-refractivity contribution in [3.8, 4) is 5.75 Å². The zero-order valence-corrected chi connectivity index (χ0v) is 12.3. The van der Waals surface area contributed by atoms with Crippen molar-refractivity contribution in [1.82, 2.24) is 0 Å². The third-order valence-corrected chi connectivity index (χ3v) is 3.84. The fraction of sp³-hybridized carbons (Fsp3) is 0.200. The monoisotopic (exact) mass is 295 g/mol. The maximum absolute atomic E-state index is 6.12. The van der Waals surface area contributed by atoms with Gasteiger partial charge in [0.25, 0.3) is 0 Å². The van der Waals surface area contributed by atoms with E-state index in [0.29, 0.717) is 16.7 Å². The van der Waals surface area contributed by atoms with Crippen LogP contribution in [0.15, 0.2) is 30.3 Å². The summed E-state index contributed by atoms with van der Waals surface area (Å²) in [7, 11) is 0. The Morgan fingerprint density at radius 1 is 1.11 bits per heavy atom. The van der Waals surface area contributed by atoms with Crippen LogP contribution in [-0.2, 0) is 6.61 Å². The SMILES string of the molecule is Cc1cc(OCc2cccc(Cl)c2Cl)c(C)cc1N. The standard InChI is InChI=1S/C15H15Cl2NO/c1-9-7-14(10(2)6-13(9)18)19-8-11-4-3-5-12(16)15(11)17/h3-7H,8,18H2,1-2H3. The van der Waals surface area contributed by atoms with E-state index in [0.717, 1.165) is 28.1 Å². The van der Waals surface area contributed by atoms with Gasteiger partial charge in [0.1, 0.15) is 12.4 Å². The lowest BCUT2D eigenvalue weighted by Gasteiger charge is -2.12. The smallest absolute Gasteiger partial charge is 0.123 e. The Labute approximate surface area is 123 Å². The van der Waals surface area contributed by atoms with Crippen LogP contribution >= 0.6 is 23.2 Å². The van der Waals surface area contributed by atoms with Gasteiger partial charge in [-0.2, -0.15) is 0 Å². The van der Waals surface area contributed by atoms with Crippen molar-refractivity contribution >= 4 is 28.9 Å². The summed E-state index contributed by atoms with van der Waals surface area (Å²) in [6.07, 6.45) is 0. The molecule has 0 fully saturated rings. The van der Waals surface area contributed by atoms with E-state index in [-0.39, 0.29) is 0 Å². The van der Waals surface area contributed by atoms with Crippen LogP contribution in [-0.4, -0.2) is 0 Å². The molecule has 0 aliphatic rings. The Morgan fingerprint density at radius 3 is 2.58 bits per heavy atom. The number of benzene rings is 2. The van der Waals surface area contributed by atoms with Crippen molar-refractivity contribution in [2.75, 3.05) is 5.73 Å². The number of halogens is 2. The first-order valence-electron chi connectivity index (χ1n) is 5.91. The Balaban J connectivity index is 2.19. The lowest BCUT2D eigenvalue weighted by Crippen LogP contribution is -2.00. The zero-order chi connectivity index (χ0) is 14.0. The van der Waals surface area contributed by atoms with E-state index >= 15 is 0 Å². The second-order valence-electron chi connectivity index (χ2n) is 4.48. The van der Waals surface area contributed by atoms with Crippen LogP contribution in [0.5, 0.6) is 5.75 Å². The van der Waals surface area contributed by atoms with Gasteiger partial charge in [0.05, 0.1) is 10.0 Å². The average molecular weight is 296 g/mol. The third-order valence-electron chi connectivity index (χ3n) is 2.98. The van der Waals surface area contributed by atoms with E-state index in [1.54, 1.807) is 6.07 Å². The molecule has 0 saturated heterocycles. The summed E-state index contributed by atoms with van der Waals surface area (Å²) >= 11 is 12.1. The number of hydrogen-bond acceptors (Lipinski definition) is 2. The van der Waals surface area contributed by atoms with E-state index in [4.69, 9.17) is 33.7 Å². The van der Waals surface area contributed by atoms with Crippen LogP contribution in [0.25, 0.3) is 0 Å². The normalized spacial score (nSPS) is 10.5. The van der Waals surface area contributed by atoms with Crippen molar-refractivity contribution in [1.29, 1.82) is 0 Å². The van der Waals surface area contributed by atoms with Crippen molar-refractivity contribution in [3.05, 3.63) is 57.1 Å². The summed E-state index contributed by atoms with van der Waals surface area (Å²) in [6, 6.07) is 9.35. The van der Waals surface area contributed by atoms with E-state index < -0.39 is 0 Å². The van der Waals surface area contributed by atoms with Crippen molar-refractivity contribution in [2.24, 2.45) is 0 Å². The fourth-order valence-electron chi connectivity index (χ4n) is 1.78. The van der Waals surface area contributed by atoms with Gasteiger partial charge in [0.2, 0.25) is 0 Å². The molecule has 0 bridgehead atoms. The quantitative estimate of drug-likeness (QED) is 0.828. The predicted octanol–water partition coefficient (Wildman–Crippen LogP) is 4.77. The van der Waals surface area contributed by atoms with Gasteiger partial charge in [-0.25, -0.2) is 0 Å². The molecule has 2 N–H and O–H groups in total. The maximum atomic E-state index is 6.12. The molecule has 0 unspecified atom stereocenters. The topological polar surface area (TPSA) is 35.2 Å². The van der Waals surface area contributed by atoms with Gasteiger partial charge in [-0.05, 0) is 43.2 Å².